The summed E-state index contributed by atoms with van der Waals surface area (Å²) < 4.78 is 5.11. The Bertz CT molecular complexity index is 346. The zero-order chi connectivity index (χ0) is 10.4. The smallest absolute Gasteiger partial charge is 0.188 e. The molecule has 3 heteroatoms. The molecule has 0 aliphatic rings. The Morgan fingerprint density at radius 2 is 2.07 bits per heavy atom. The van der Waals surface area contributed by atoms with Gasteiger partial charge in [0, 0.05) is 5.56 Å². The molecule has 72 valence electrons. The van der Waals surface area contributed by atoms with Crippen molar-refractivity contribution in [2.24, 2.45) is 0 Å². The van der Waals surface area contributed by atoms with Gasteiger partial charge in [0.05, 0.1) is 0 Å². The average molecular weight is 190 g/mol. The number of benzene rings is 1. The maximum Gasteiger partial charge on any atom is 0.188 e. The molecule has 1 aromatic carbocycles. The number of ether oxygens (including phenoxy) is 1. The molecule has 1 N–H and O–H groups in total. The molecule has 0 aromatic heterocycles. The van der Waals surface area contributed by atoms with Crippen LogP contribution in [0.25, 0.3) is 0 Å². The van der Waals surface area contributed by atoms with Crippen LogP contribution < -0.4 is 4.74 Å². The molecule has 0 saturated heterocycles. The van der Waals surface area contributed by atoms with E-state index < -0.39 is 6.61 Å². The summed E-state index contributed by atoms with van der Waals surface area (Å²) in [4.78, 5) is 11.0. The summed E-state index contributed by atoms with van der Waals surface area (Å²) in [6, 6.07) is 6.45. The van der Waals surface area contributed by atoms with Gasteiger partial charge in [0.2, 0.25) is 0 Å². The van der Waals surface area contributed by atoms with Crippen molar-refractivity contribution in [3.8, 4) is 18.1 Å². The van der Waals surface area contributed by atoms with Crippen LogP contribution in [0, 0.1) is 12.3 Å². The summed E-state index contributed by atoms with van der Waals surface area (Å²) in [6.45, 7) is -0.280. The van der Waals surface area contributed by atoms with Gasteiger partial charge < -0.3 is 9.84 Å². The number of aliphatic hydroxyl groups is 1. The summed E-state index contributed by atoms with van der Waals surface area (Å²) in [5.41, 5.74) is 0.459. The van der Waals surface area contributed by atoms with E-state index >= 15 is 0 Å². The minimum absolute atomic E-state index is 0.202. The molecule has 0 saturated carbocycles. The molecule has 0 aliphatic heterocycles. The summed E-state index contributed by atoms with van der Waals surface area (Å²) in [6.07, 6.45) is 5.01. The third-order valence-electron chi connectivity index (χ3n) is 1.64. The monoisotopic (exact) mass is 190 g/mol. The number of ketones is 1. The zero-order valence-corrected chi connectivity index (χ0v) is 7.56. The van der Waals surface area contributed by atoms with Crippen LogP contribution in [0.2, 0.25) is 0 Å². The van der Waals surface area contributed by atoms with Crippen LogP contribution in [0.4, 0.5) is 0 Å². The number of hydrogen-bond donors (Lipinski definition) is 1. The van der Waals surface area contributed by atoms with E-state index in [1.54, 1.807) is 24.3 Å². The van der Waals surface area contributed by atoms with Crippen LogP contribution in [-0.2, 0) is 0 Å². The number of carbonyl (C=O) groups excluding carboxylic acids is 1. The first kappa shape index (κ1) is 10.3. The molecule has 0 aliphatic carbocycles. The van der Waals surface area contributed by atoms with Crippen molar-refractivity contribution in [1.29, 1.82) is 0 Å². The number of aliphatic hydroxyl groups excluding tert-OH is 1. The maximum absolute atomic E-state index is 11.0. The molecule has 14 heavy (non-hydrogen) atoms. The quantitative estimate of drug-likeness (QED) is 0.566. The predicted octanol–water partition coefficient (Wildman–Crippen LogP) is 0.874. The number of rotatable bonds is 4. The van der Waals surface area contributed by atoms with Gasteiger partial charge in [0.1, 0.15) is 19.0 Å². The summed E-state index contributed by atoms with van der Waals surface area (Å²) >= 11 is 0. The highest BCUT2D eigenvalue weighted by atomic mass is 16.5. The van der Waals surface area contributed by atoms with E-state index in [4.69, 9.17) is 16.3 Å². The first-order chi connectivity index (χ1) is 6.77. The van der Waals surface area contributed by atoms with Gasteiger partial charge in [-0.15, -0.1) is 6.42 Å². The molecule has 1 rings (SSSR count). The predicted molar refractivity (Wildman–Crippen MR) is 52.2 cm³/mol. The highest BCUT2D eigenvalue weighted by molar-refractivity contribution is 5.96. The Morgan fingerprint density at radius 3 is 2.57 bits per heavy atom. The van der Waals surface area contributed by atoms with Gasteiger partial charge in [-0.2, -0.15) is 0 Å². The summed E-state index contributed by atoms with van der Waals surface area (Å²) in [5.74, 6) is 2.63. The number of carbonyl (C=O) groups is 1. The van der Waals surface area contributed by atoms with Crippen molar-refractivity contribution in [1.82, 2.24) is 0 Å². The molecular weight excluding hydrogens is 180 g/mol. The van der Waals surface area contributed by atoms with Crippen LogP contribution in [0.1, 0.15) is 10.4 Å². The number of terminal acetylenes is 1. The van der Waals surface area contributed by atoms with Gasteiger partial charge in [0.25, 0.3) is 0 Å². The van der Waals surface area contributed by atoms with Crippen molar-refractivity contribution in [2.75, 3.05) is 13.2 Å². The van der Waals surface area contributed by atoms with Crippen molar-refractivity contribution in [3.63, 3.8) is 0 Å². The minimum Gasteiger partial charge on any atom is -0.481 e. The Balaban J connectivity index is 2.69. The van der Waals surface area contributed by atoms with Crippen LogP contribution in [0.15, 0.2) is 24.3 Å². The number of Topliss-reactive ketones (excluding diaryl/α,β-unsaturated/α-hetero) is 1. The first-order valence-corrected chi connectivity index (χ1v) is 4.08. The van der Waals surface area contributed by atoms with Crippen molar-refractivity contribution in [2.45, 2.75) is 0 Å². The largest absolute Gasteiger partial charge is 0.481 e. The molecular formula is C11H10O3. The second-order valence-corrected chi connectivity index (χ2v) is 2.60. The Hall–Kier alpha value is -1.79. The van der Waals surface area contributed by atoms with E-state index in [1.807, 2.05) is 0 Å². The standard InChI is InChI=1S/C11H10O3/c1-2-7-14-10-5-3-9(4-6-10)11(13)8-12/h1,3-6,12H,7-8H2. The highest BCUT2D eigenvalue weighted by Gasteiger charge is 2.02. The molecule has 0 unspecified atom stereocenters. The summed E-state index contributed by atoms with van der Waals surface area (Å²) in [7, 11) is 0. The van der Waals surface area contributed by atoms with Crippen LogP contribution in [0.3, 0.4) is 0 Å². The minimum atomic E-state index is -0.482. The van der Waals surface area contributed by atoms with E-state index in [0.717, 1.165) is 0 Å². The van der Waals surface area contributed by atoms with Crippen molar-refractivity contribution >= 4 is 5.78 Å². The van der Waals surface area contributed by atoms with E-state index in [9.17, 15) is 4.79 Å². The topological polar surface area (TPSA) is 46.5 Å². The second-order valence-electron chi connectivity index (χ2n) is 2.60. The van der Waals surface area contributed by atoms with E-state index in [2.05, 4.69) is 5.92 Å². The fraction of sp³-hybridized carbons (Fsp3) is 0.182. The molecule has 0 fully saturated rings. The van der Waals surface area contributed by atoms with E-state index in [0.29, 0.717) is 11.3 Å². The molecule has 0 atom stereocenters. The normalized spacial score (nSPS) is 9.14. The molecule has 0 amide bonds. The SMILES string of the molecule is C#CCOc1ccc(C(=O)CO)cc1. The van der Waals surface area contributed by atoms with Gasteiger partial charge in [-0.05, 0) is 24.3 Å². The number of hydrogen-bond acceptors (Lipinski definition) is 3. The van der Waals surface area contributed by atoms with Gasteiger partial charge in [-0.25, -0.2) is 0 Å². The fourth-order valence-electron chi connectivity index (χ4n) is 0.953. The van der Waals surface area contributed by atoms with E-state index in [-0.39, 0.29) is 12.4 Å². The highest BCUT2D eigenvalue weighted by Crippen LogP contribution is 2.12. The fourth-order valence-corrected chi connectivity index (χ4v) is 0.953. The van der Waals surface area contributed by atoms with E-state index in [1.165, 1.54) is 0 Å². The molecule has 1 aromatic rings. The average Bonchev–Trinajstić information content (AvgIpc) is 2.26. The second kappa shape index (κ2) is 5.05. The Labute approximate surface area is 82.3 Å². The Morgan fingerprint density at radius 1 is 1.43 bits per heavy atom. The summed E-state index contributed by atoms with van der Waals surface area (Å²) in [5, 5.41) is 8.59. The van der Waals surface area contributed by atoms with Crippen LogP contribution in [0.5, 0.6) is 5.75 Å². The Kier molecular flexibility index (Phi) is 3.71. The van der Waals surface area contributed by atoms with Gasteiger partial charge >= 0.3 is 0 Å². The molecule has 0 heterocycles. The lowest BCUT2D eigenvalue weighted by Gasteiger charge is -2.02. The third-order valence-corrected chi connectivity index (χ3v) is 1.64. The lowest BCUT2D eigenvalue weighted by atomic mass is 10.1. The lowest BCUT2D eigenvalue weighted by Crippen LogP contribution is -2.03. The first-order valence-electron chi connectivity index (χ1n) is 4.08. The van der Waals surface area contributed by atoms with Crippen LogP contribution >= 0.6 is 0 Å². The van der Waals surface area contributed by atoms with Crippen molar-refractivity contribution < 1.29 is 14.6 Å². The zero-order valence-electron chi connectivity index (χ0n) is 7.56. The third kappa shape index (κ3) is 2.61. The van der Waals surface area contributed by atoms with Gasteiger partial charge in [-0.3, -0.25) is 4.79 Å². The molecule has 0 radical (unpaired) electrons. The molecule has 0 bridgehead atoms. The molecule has 3 nitrogen and oxygen atoms in total. The lowest BCUT2D eigenvalue weighted by molar-refractivity contribution is 0.0903. The van der Waals surface area contributed by atoms with Crippen LogP contribution in [-0.4, -0.2) is 24.1 Å². The maximum atomic E-state index is 11.0. The van der Waals surface area contributed by atoms with Gasteiger partial charge in [-0.1, -0.05) is 5.92 Å². The van der Waals surface area contributed by atoms with Crippen molar-refractivity contribution in [3.05, 3.63) is 29.8 Å². The van der Waals surface area contributed by atoms with Gasteiger partial charge in [0.15, 0.2) is 5.78 Å². The molecule has 0 spiro atoms.